The van der Waals surface area contributed by atoms with E-state index < -0.39 is 8.32 Å². The number of rotatable bonds is 5. The van der Waals surface area contributed by atoms with Crippen LogP contribution < -0.4 is 4.43 Å². The zero-order valence-electron chi connectivity index (χ0n) is 13.3. The van der Waals surface area contributed by atoms with Gasteiger partial charge in [0, 0.05) is 0 Å². The average molecular weight is 280 g/mol. The summed E-state index contributed by atoms with van der Waals surface area (Å²) in [6.07, 6.45) is 0. The third-order valence-corrected chi connectivity index (χ3v) is 10.2. The molecule has 0 spiro atoms. The Labute approximate surface area is 118 Å². The Morgan fingerprint density at radius 3 is 1.79 bits per heavy atom. The van der Waals surface area contributed by atoms with Crippen molar-refractivity contribution in [1.29, 1.82) is 0 Å². The molecule has 0 amide bonds. The minimum Gasteiger partial charge on any atom is -0.543 e. The van der Waals surface area contributed by atoms with Gasteiger partial charge in [-0.05, 0) is 47.3 Å². The molecule has 0 saturated heterocycles. The van der Waals surface area contributed by atoms with E-state index in [4.69, 9.17) is 4.43 Å². The molecule has 1 aromatic rings. The summed E-state index contributed by atoms with van der Waals surface area (Å²) in [6.45, 7) is 15.6. The third kappa shape index (κ3) is 3.14. The van der Waals surface area contributed by atoms with E-state index in [9.17, 15) is 5.11 Å². The molecule has 2 nitrogen and oxygen atoms in total. The Balaban J connectivity index is 3.17. The largest absolute Gasteiger partial charge is 0.543 e. The Hall–Kier alpha value is -0.963. The van der Waals surface area contributed by atoms with Crippen molar-refractivity contribution in [2.45, 2.75) is 65.1 Å². The van der Waals surface area contributed by atoms with Crippen LogP contribution in [0.1, 0.15) is 47.1 Å². The predicted molar refractivity (Wildman–Crippen MR) is 84.5 cm³/mol. The van der Waals surface area contributed by atoms with E-state index in [1.807, 2.05) is 19.1 Å². The summed E-state index contributed by atoms with van der Waals surface area (Å²) < 4.78 is 6.55. The summed E-state index contributed by atoms with van der Waals surface area (Å²) in [5, 5.41) is 9.63. The molecule has 1 rings (SSSR count). The Kier molecular flexibility index (Phi) is 5.08. The summed E-state index contributed by atoms with van der Waals surface area (Å²) in [5.41, 5.74) is 2.54. The lowest BCUT2D eigenvalue weighted by Gasteiger charge is -2.42. The fourth-order valence-corrected chi connectivity index (χ4v) is 8.49. The van der Waals surface area contributed by atoms with Crippen LogP contribution in [0.25, 0.3) is 0 Å². The lowest BCUT2D eigenvalue weighted by Crippen LogP contribution is -2.50. The van der Waals surface area contributed by atoms with Crippen molar-refractivity contribution < 1.29 is 9.53 Å². The van der Waals surface area contributed by atoms with Gasteiger partial charge in [0.2, 0.25) is 0 Å². The molecule has 0 heterocycles. The van der Waals surface area contributed by atoms with Gasteiger partial charge in [0.05, 0.1) is 0 Å². The van der Waals surface area contributed by atoms with Gasteiger partial charge in [0.1, 0.15) is 11.5 Å². The van der Waals surface area contributed by atoms with Crippen molar-refractivity contribution in [2.24, 2.45) is 0 Å². The molecule has 0 fully saturated rings. The molecular weight excluding hydrogens is 252 g/mol. The van der Waals surface area contributed by atoms with Gasteiger partial charge in [0.25, 0.3) is 8.32 Å². The van der Waals surface area contributed by atoms with Crippen molar-refractivity contribution in [1.82, 2.24) is 0 Å². The zero-order valence-corrected chi connectivity index (χ0v) is 14.3. The second kappa shape index (κ2) is 5.99. The molecule has 0 aliphatic heterocycles. The molecule has 0 atom stereocenters. The molecule has 0 bridgehead atoms. The van der Waals surface area contributed by atoms with E-state index in [0.29, 0.717) is 22.4 Å². The first-order valence-electron chi connectivity index (χ1n) is 7.20. The van der Waals surface area contributed by atoms with E-state index in [2.05, 4.69) is 41.5 Å². The quantitative estimate of drug-likeness (QED) is 0.746. The monoisotopic (exact) mass is 280 g/mol. The Morgan fingerprint density at radius 1 is 0.947 bits per heavy atom. The Morgan fingerprint density at radius 2 is 1.42 bits per heavy atom. The van der Waals surface area contributed by atoms with Crippen molar-refractivity contribution in [3.63, 3.8) is 0 Å². The highest BCUT2D eigenvalue weighted by molar-refractivity contribution is 6.78. The maximum atomic E-state index is 9.63. The first-order chi connectivity index (χ1) is 8.71. The van der Waals surface area contributed by atoms with Gasteiger partial charge in [-0.1, -0.05) is 41.5 Å². The van der Waals surface area contributed by atoms with Gasteiger partial charge in [-0.2, -0.15) is 0 Å². The minimum absolute atomic E-state index is 0.332. The first-order valence-corrected chi connectivity index (χ1v) is 9.34. The maximum absolute atomic E-state index is 9.63. The van der Waals surface area contributed by atoms with Gasteiger partial charge >= 0.3 is 0 Å². The van der Waals surface area contributed by atoms with Crippen LogP contribution in [-0.4, -0.2) is 13.4 Å². The van der Waals surface area contributed by atoms with Crippen LogP contribution in [0.3, 0.4) is 0 Å². The topological polar surface area (TPSA) is 29.5 Å². The molecule has 1 aromatic carbocycles. The number of hydrogen-bond donors (Lipinski definition) is 1. The van der Waals surface area contributed by atoms with E-state index >= 15 is 0 Å². The number of hydrogen-bond acceptors (Lipinski definition) is 2. The SMILES string of the molecule is Cc1cc(O[Si](C(C)C)(C(C)C)C(C)C)ccc1O. The van der Waals surface area contributed by atoms with Crippen LogP contribution in [0, 0.1) is 6.92 Å². The van der Waals surface area contributed by atoms with Crippen LogP contribution in [-0.2, 0) is 0 Å². The molecule has 0 unspecified atom stereocenters. The summed E-state index contributed by atoms with van der Waals surface area (Å²) in [6, 6.07) is 5.56. The average Bonchev–Trinajstić information content (AvgIpc) is 2.29. The first kappa shape index (κ1) is 16.1. The van der Waals surface area contributed by atoms with Crippen LogP contribution in [0.4, 0.5) is 0 Å². The second-order valence-corrected chi connectivity index (χ2v) is 11.7. The molecule has 108 valence electrons. The van der Waals surface area contributed by atoms with Crippen LogP contribution in [0.5, 0.6) is 11.5 Å². The van der Waals surface area contributed by atoms with Crippen molar-refractivity contribution in [3.8, 4) is 11.5 Å². The molecule has 0 aliphatic rings. The number of aromatic hydroxyl groups is 1. The molecule has 1 N–H and O–H groups in total. The molecule has 3 heteroatoms. The van der Waals surface area contributed by atoms with Gasteiger partial charge in [-0.25, -0.2) is 0 Å². The fraction of sp³-hybridized carbons (Fsp3) is 0.625. The van der Waals surface area contributed by atoms with Gasteiger partial charge in [0.15, 0.2) is 0 Å². The van der Waals surface area contributed by atoms with Crippen LogP contribution in [0.15, 0.2) is 18.2 Å². The summed E-state index contributed by atoms with van der Waals surface area (Å²) in [4.78, 5) is 0. The smallest absolute Gasteiger partial charge is 0.258 e. The molecule has 0 radical (unpaired) electrons. The van der Waals surface area contributed by atoms with Gasteiger partial charge in [-0.15, -0.1) is 0 Å². The highest BCUT2D eigenvalue weighted by atomic mass is 28.4. The number of phenols is 1. The molecule has 19 heavy (non-hydrogen) atoms. The third-order valence-electron chi connectivity index (χ3n) is 4.17. The van der Waals surface area contributed by atoms with E-state index in [-0.39, 0.29) is 0 Å². The van der Waals surface area contributed by atoms with E-state index in [1.54, 1.807) is 6.07 Å². The highest BCUT2D eigenvalue weighted by Gasteiger charge is 2.46. The molecule has 0 aliphatic carbocycles. The zero-order chi connectivity index (χ0) is 14.8. The van der Waals surface area contributed by atoms with E-state index in [0.717, 1.165) is 11.3 Å². The number of benzene rings is 1. The maximum Gasteiger partial charge on any atom is 0.258 e. The summed E-state index contributed by atoms with van der Waals surface area (Å²) >= 11 is 0. The minimum atomic E-state index is -1.89. The van der Waals surface area contributed by atoms with Crippen molar-refractivity contribution in [3.05, 3.63) is 23.8 Å². The van der Waals surface area contributed by atoms with Crippen molar-refractivity contribution in [2.75, 3.05) is 0 Å². The van der Waals surface area contributed by atoms with Gasteiger partial charge in [-0.3, -0.25) is 0 Å². The van der Waals surface area contributed by atoms with E-state index in [1.165, 1.54) is 0 Å². The number of phenolic OH excluding ortho intramolecular Hbond substituents is 1. The van der Waals surface area contributed by atoms with Gasteiger partial charge < -0.3 is 9.53 Å². The lowest BCUT2D eigenvalue weighted by atomic mass is 10.2. The van der Waals surface area contributed by atoms with Crippen molar-refractivity contribution >= 4 is 8.32 Å². The highest BCUT2D eigenvalue weighted by Crippen LogP contribution is 2.43. The number of aryl methyl sites for hydroxylation is 1. The summed E-state index contributed by atoms with van der Waals surface area (Å²) in [5.74, 6) is 1.23. The van der Waals surface area contributed by atoms with Crippen LogP contribution >= 0.6 is 0 Å². The molecular formula is C16H28O2Si. The predicted octanol–water partition coefficient (Wildman–Crippen LogP) is 5.25. The lowest BCUT2D eigenvalue weighted by molar-refractivity contribution is 0.461. The standard InChI is InChI=1S/C16H28O2Si/c1-11(2)19(12(3)4,13(5)6)18-15-8-9-16(17)14(7)10-15/h8-13,17H,1-7H3. The second-order valence-electron chi connectivity index (χ2n) is 6.37. The Bertz CT molecular complexity index is 403. The molecule has 0 saturated carbocycles. The molecule has 0 aromatic heterocycles. The normalized spacial score (nSPS) is 12.5. The summed E-state index contributed by atoms with van der Waals surface area (Å²) in [7, 11) is -1.89. The van der Waals surface area contributed by atoms with Crippen LogP contribution in [0.2, 0.25) is 16.6 Å². The fourth-order valence-electron chi connectivity index (χ4n) is 3.25.